The third kappa shape index (κ3) is 3.45. The molecular formula is C12H14ClN3O2. The van der Waals surface area contributed by atoms with E-state index < -0.39 is 0 Å². The molecule has 5 nitrogen and oxygen atoms in total. The van der Waals surface area contributed by atoms with Crippen LogP contribution in [0.2, 0.25) is 5.02 Å². The van der Waals surface area contributed by atoms with Crippen LogP contribution >= 0.6 is 11.6 Å². The lowest BCUT2D eigenvalue weighted by Gasteiger charge is -2.04. The fourth-order valence-corrected chi connectivity index (χ4v) is 1.60. The topological polar surface area (TPSA) is 74.2 Å². The summed E-state index contributed by atoms with van der Waals surface area (Å²) in [5.74, 6) is 1.69. The van der Waals surface area contributed by atoms with E-state index in [4.69, 9.17) is 26.6 Å². The Balaban J connectivity index is 1.90. The van der Waals surface area contributed by atoms with Crippen molar-refractivity contribution >= 4 is 11.6 Å². The standard InChI is InChI=1S/C12H14ClN3O2/c13-9-4-1-2-5-10(9)17-8-11-15-12(18-16-11)6-3-7-14/h1-2,4-5H,3,6-8,14H2. The zero-order valence-electron chi connectivity index (χ0n) is 9.80. The van der Waals surface area contributed by atoms with Crippen molar-refractivity contribution in [2.24, 2.45) is 5.73 Å². The number of aromatic nitrogens is 2. The molecule has 0 aliphatic rings. The lowest BCUT2D eigenvalue weighted by Crippen LogP contribution is -2.01. The van der Waals surface area contributed by atoms with Crippen LogP contribution in [0.5, 0.6) is 5.75 Å². The summed E-state index contributed by atoms with van der Waals surface area (Å²) in [6.07, 6.45) is 1.52. The number of rotatable bonds is 6. The lowest BCUT2D eigenvalue weighted by atomic mass is 10.3. The monoisotopic (exact) mass is 267 g/mol. The molecule has 0 radical (unpaired) electrons. The summed E-state index contributed by atoms with van der Waals surface area (Å²) in [5, 5.41) is 4.38. The second-order valence-corrected chi connectivity index (χ2v) is 4.12. The molecule has 0 saturated heterocycles. The molecule has 1 heterocycles. The highest BCUT2D eigenvalue weighted by molar-refractivity contribution is 6.32. The van der Waals surface area contributed by atoms with Crippen molar-refractivity contribution in [1.82, 2.24) is 10.1 Å². The molecule has 6 heteroatoms. The molecule has 0 amide bonds. The molecule has 0 fully saturated rings. The van der Waals surface area contributed by atoms with E-state index in [1.165, 1.54) is 0 Å². The second kappa shape index (κ2) is 6.37. The van der Waals surface area contributed by atoms with Crippen LogP contribution in [0.25, 0.3) is 0 Å². The number of ether oxygens (including phenoxy) is 1. The Morgan fingerprint density at radius 3 is 2.94 bits per heavy atom. The number of nitrogens with two attached hydrogens (primary N) is 1. The van der Waals surface area contributed by atoms with Crippen LogP contribution in [-0.2, 0) is 13.0 Å². The molecule has 1 aromatic carbocycles. The van der Waals surface area contributed by atoms with Gasteiger partial charge in [-0.05, 0) is 25.1 Å². The first-order valence-electron chi connectivity index (χ1n) is 5.68. The zero-order chi connectivity index (χ0) is 12.8. The van der Waals surface area contributed by atoms with Gasteiger partial charge in [-0.3, -0.25) is 0 Å². The van der Waals surface area contributed by atoms with Crippen molar-refractivity contribution in [3.8, 4) is 5.75 Å². The minimum Gasteiger partial charge on any atom is -0.484 e. The van der Waals surface area contributed by atoms with Gasteiger partial charge in [0.15, 0.2) is 6.61 Å². The molecule has 0 unspecified atom stereocenters. The largest absolute Gasteiger partial charge is 0.484 e. The van der Waals surface area contributed by atoms with Crippen LogP contribution in [0.15, 0.2) is 28.8 Å². The van der Waals surface area contributed by atoms with Crippen molar-refractivity contribution < 1.29 is 9.26 Å². The summed E-state index contributed by atoms with van der Waals surface area (Å²) < 4.78 is 10.6. The van der Waals surface area contributed by atoms with Gasteiger partial charge in [-0.1, -0.05) is 28.9 Å². The Morgan fingerprint density at radius 2 is 2.17 bits per heavy atom. The Labute approximate surface area is 110 Å². The van der Waals surface area contributed by atoms with Gasteiger partial charge in [-0.2, -0.15) is 4.98 Å². The van der Waals surface area contributed by atoms with Gasteiger partial charge >= 0.3 is 0 Å². The summed E-state index contributed by atoms with van der Waals surface area (Å²) in [4.78, 5) is 4.19. The SMILES string of the molecule is NCCCc1nc(COc2ccccc2Cl)no1. The van der Waals surface area contributed by atoms with Crippen molar-refractivity contribution in [3.05, 3.63) is 41.0 Å². The first kappa shape index (κ1) is 12.9. The van der Waals surface area contributed by atoms with Crippen LogP contribution in [0, 0.1) is 0 Å². The van der Waals surface area contributed by atoms with Gasteiger partial charge in [0.05, 0.1) is 5.02 Å². The fourth-order valence-electron chi connectivity index (χ4n) is 1.41. The van der Waals surface area contributed by atoms with Gasteiger partial charge in [0.1, 0.15) is 5.75 Å². The molecule has 1 aromatic heterocycles. The van der Waals surface area contributed by atoms with Crippen LogP contribution in [0.1, 0.15) is 18.1 Å². The average Bonchev–Trinajstić information content (AvgIpc) is 2.83. The zero-order valence-corrected chi connectivity index (χ0v) is 10.6. The average molecular weight is 268 g/mol. The summed E-state index contributed by atoms with van der Waals surface area (Å²) in [6.45, 7) is 0.837. The lowest BCUT2D eigenvalue weighted by molar-refractivity contribution is 0.285. The minimum atomic E-state index is 0.232. The fraction of sp³-hybridized carbons (Fsp3) is 0.333. The summed E-state index contributed by atoms with van der Waals surface area (Å²) in [5.41, 5.74) is 5.41. The molecule has 0 spiro atoms. The highest BCUT2D eigenvalue weighted by Crippen LogP contribution is 2.23. The van der Waals surface area contributed by atoms with E-state index in [9.17, 15) is 0 Å². The molecule has 0 atom stereocenters. The first-order chi connectivity index (χ1) is 8.79. The number of hydrogen-bond acceptors (Lipinski definition) is 5. The molecule has 18 heavy (non-hydrogen) atoms. The van der Waals surface area contributed by atoms with Gasteiger partial charge in [-0.25, -0.2) is 0 Å². The van der Waals surface area contributed by atoms with E-state index in [-0.39, 0.29) is 6.61 Å². The third-order valence-electron chi connectivity index (χ3n) is 2.30. The van der Waals surface area contributed by atoms with E-state index in [1.807, 2.05) is 12.1 Å². The molecule has 0 bridgehead atoms. The normalized spacial score (nSPS) is 10.6. The van der Waals surface area contributed by atoms with E-state index in [1.54, 1.807) is 12.1 Å². The molecule has 2 aromatic rings. The summed E-state index contributed by atoms with van der Waals surface area (Å²) in [7, 11) is 0. The number of benzene rings is 1. The molecule has 0 aliphatic carbocycles. The van der Waals surface area contributed by atoms with E-state index in [0.717, 1.165) is 6.42 Å². The molecule has 0 aliphatic heterocycles. The van der Waals surface area contributed by atoms with E-state index in [2.05, 4.69) is 10.1 Å². The van der Waals surface area contributed by atoms with Crippen LogP contribution in [-0.4, -0.2) is 16.7 Å². The smallest absolute Gasteiger partial charge is 0.226 e. The van der Waals surface area contributed by atoms with Crippen molar-refractivity contribution in [1.29, 1.82) is 0 Å². The number of aryl methyl sites for hydroxylation is 1. The molecule has 2 N–H and O–H groups in total. The van der Waals surface area contributed by atoms with Crippen LogP contribution in [0.4, 0.5) is 0 Å². The van der Waals surface area contributed by atoms with Crippen LogP contribution in [0.3, 0.4) is 0 Å². The molecular weight excluding hydrogens is 254 g/mol. The summed E-state index contributed by atoms with van der Waals surface area (Å²) in [6, 6.07) is 7.25. The third-order valence-corrected chi connectivity index (χ3v) is 2.61. The molecule has 96 valence electrons. The van der Waals surface area contributed by atoms with Gasteiger partial charge in [0.2, 0.25) is 11.7 Å². The Kier molecular flexibility index (Phi) is 4.55. The number of nitrogens with zero attached hydrogens (tertiary/aromatic N) is 2. The number of hydrogen-bond donors (Lipinski definition) is 1. The Hall–Kier alpha value is -1.59. The molecule has 2 rings (SSSR count). The second-order valence-electron chi connectivity index (χ2n) is 3.72. The maximum Gasteiger partial charge on any atom is 0.226 e. The van der Waals surface area contributed by atoms with Crippen molar-refractivity contribution in [2.45, 2.75) is 19.4 Å². The summed E-state index contributed by atoms with van der Waals surface area (Å²) >= 11 is 5.96. The number of halogens is 1. The highest BCUT2D eigenvalue weighted by Gasteiger charge is 2.07. The van der Waals surface area contributed by atoms with Gasteiger partial charge in [-0.15, -0.1) is 0 Å². The van der Waals surface area contributed by atoms with E-state index >= 15 is 0 Å². The van der Waals surface area contributed by atoms with Crippen LogP contribution < -0.4 is 10.5 Å². The predicted molar refractivity (Wildman–Crippen MR) is 67.5 cm³/mol. The van der Waals surface area contributed by atoms with Gasteiger partial charge < -0.3 is 15.0 Å². The maximum absolute atomic E-state index is 5.96. The Morgan fingerprint density at radius 1 is 1.33 bits per heavy atom. The maximum atomic E-state index is 5.96. The van der Waals surface area contributed by atoms with Gasteiger partial charge in [0.25, 0.3) is 0 Å². The first-order valence-corrected chi connectivity index (χ1v) is 6.06. The van der Waals surface area contributed by atoms with Gasteiger partial charge in [0, 0.05) is 6.42 Å². The number of para-hydroxylation sites is 1. The highest BCUT2D eigenvalue weighted by atomic mass is 35.5. The van der Waals surface area contributed by atoms with Crippen molar-refractivity contribution in [2.75, 3.05) is 6.54 Å². The van der Waals surface area contributed by atoms with E-state index in [0.29, 0.717) is 35.5 Å². The Bertz CT molecular complexity index is 502. The molecule has 0 saturated carbocycles. The predicted octanol–water partition coefficient (Wildman–Crippen LogP) is 2.19. The minimum absolute atomic E-state index is 0.232. The quantitative estimate of drug-likeness (QED) is 0.868. The van der Waals surface area contributed by atoms with Crippen molar-refractivity contribution in [3.63, 3.8) is 0 Å².